The first kappa shape index (κ1) is 22.8. The van der Waals surface area contributed by atoms with E-state index in [1.54, 1.807) is 38.2 Å². The number of nitrogens with one attached hydrogen (secondary N) is 3. The number of aliphatic imine (C=N–C) groups is 1. The molecule has 0 fully saturated rings. The summed E-state index contributed by atoms with van der Waals surface area (Å²) in [5.74, 6) is 0.496. The number of sulfone groups is 1. The van der Waals surface area contributed by atoms with Crippen LogP contribution >= 0.6 is 0 Å². The van der Waals surface area contributed by atoms with Gasteiger partial charge in [-0.15, -0.1) is 0 Å². The molecule has 2 rings (SSSR count). The summed E-state index contributed by atoms with van der Waals surface area (Å²) in [6.45, 7) is 2.68. The Bertz CT molecular complexity index is 1070. The fraction of sp³-hybridized carbons (Fsp3) is 0.333. The Kier molecular flexibility index (Phi) is 7.71. The predicted molar refractivity (Wildman–Crippen MR) is 112 cm³/mol. The van der Waals surface area contributed by atoms with Gasteiger partial charge >= 0.3 is 0 Å². The van der Waals surface area contributed by atoms with E-state index < -0.39 is 19.9 Å². The smallest absolute Gasteiger partial charge is 0.242 e. The van der Waals surface area contributed by atoms with E-state index in [0.717, 1.165) is 5.56 Å². The van der Waals surface area contributed by atoms with Gasteiger partial charge < -0.3 is 10.6 Å². The number of aryl methyl sites for hydroxylation is 1. The van der Waals surface area contributed by atoms with Gasteiger partial charge in [-0.3, -0.25) is 9.98 Å². The van der Waals surface area contributed by atoms with Crippen molar-refractivity contribution < 1.29 is 16.8 Å². The molecule has 158 valence electrons. The van der Waals surface area contributed by atoms with Gasteiger partial charge in [0.15, 0.2) is 15.8 Å². The SMILES string of the molecule is CN=C(NCCNS(=O)(=O)c1cccnc1)NCc1ccc(S(C)(=O)=O)c(C)c1. The molecule has 0 unspecified atom stereocenters. The van der Waals surface area contributed by atoms with Crippen molar-refractivity contribution in [2.45, 2.75) is 23.3 Å². The molecule has 1 heterocycles. The topological polar surface area (TPSA) is 130 Å². The Morgan fingerprint density at radius 2 is 1.86 bits per heavy atom. The summed E-state index contributed by atoms with van der Waals surface area (Å²) < 4.78 is 50.1. The monoisotopic (exact) mass is 439 g/mol. The van der Waals surface area contributed by atoms with Crippen molar-refractivity contribution in [3.8, 4) is 0 Å². The van der Waals surface area contributed by atoms with Crippen LogP contribution in [0.15, 0.2) is 57.5 Å². The largest absolute Gasteiger partial charge is 0.355 e. The molecule has 0 saturated heterocycles. The minimum absolute atomic E-state index is 0.107. The average molecular weight is 440 g/mol. The Morgan fingerprint density at radius 1 is 1.10 bits per heavy atom. The molecule has 1 aromatic heterocycles. The second kappa shape index (κ2) is 9.81. The molecule has 0 amide bonds. The maximum absolute atomic E-state index is 12.1. The van der Waals surface area contributed by atoms with Gasteiger partial charge in [0.2, 0.25) is 10.0 Å². The number of nitrogens with zero attached hydrogens (tertiary/aromatic N) is 2. The van der Waals surface area contributed by atoms with Crippen molar-refractivity contribution in [3.63, 3.8) is 0 Å². The first-order valence-corrected chi connectivity index (χ1v) is 12.1. The molecular formula is C18H25N5O4S2. The molecule has 3 N–H and O–H groups in total. The minimum Gasteiger partial charge on any atom is -0.355 e. The lowest BCUT2D eigenvalue weighted by Gasteiger charge is -2.13. The zero-order valence-corrected chi connectivity index (χ0v) is 18.1. The predicted octanol–water partition coefficient (Wildman–Crippen LogP) is 0.437. The molecule has 2 aromatic rings. The molecule has 0 spiro atoms. The van der Waals surface area contributed by atoms with E-state index in [0.29, 0.717) is 29.5 Å². The van der Waals surface area contributed by atoms with Crippen LogP contribution in [0.5, 0.6) is 0 Å². The highest BCUT2D eigenvalue weighted by Crippen LogP contribution is 2.16. The number of hydrogen-bond acceptors (Lipinski definition) is 6. The molecule has 0 aliphatic heterocycles. The Labute approximate surface area is 171 Å². The number of hydrogen-bond donors (Lipinski definition) is 3. The second-order valence-corrected chi connectivity index (χ2v) is 10.1. The van der Waals surface area contributed by atoms with E-state index in [1.807, 2.05) is 0 Å². The number of pyridine rings is 1. The molecule has 0 aliphatic carbocycles. The second-order valence-electron chi connectivity index (χ2n) is 6.31. The average Bonchev–Trinajstić information content (AvgIpc) is 2.67. The van der Waals surface area contributed by atoms with Crippen LogP contribution in [0.2, 0.25) is 0 Å². The summed E-state index contributed by atoms with van der Waals surface area (Å²) in [6.07, 6.45) is 3.97. The standard InChI is InChI=1S/C18H25N5O4S2/c1-14-11-15(6-7-17(14)28(3,24)25)12-22-18(19-2)21-9-10-23-29(26,27)16-5-4-8-20-13-16/h4-8,11,13,23H,9-10,12H2,1-3H3,(H2,19,21,22). The summed E-state index contributed by atoms with van der Waals surface area (Å²) in [5.41, 5.74) is 1.58. The number of sulfonamides is 1. The molecule has 1 aromatic carbocycles. The van der Waals surface area contributed by atoms with Gasteiger partial charge in [0, 0.05) is 45.3 Å². The molecule has 29 heavy (non-hydrogen) atoms. The van der Waals surface area contributed by atoms with Crippen molar-refractivity contribution >= 4 is 25.8 Å². The lowest BCUT2D eigenvalue weighted by Crippen LogP contribution is -2.41. The first-order valence-electron chi connectivity index (χ1n) is 8.77. The maximum Gasteiger partial charge on any atom is 0.242 e. The summed E-state index contributed by atoms with van der Waals surface area (Å²) >= 11 is 0. The Hall–Kier alpha value is -2.50. The molecule has 0 radical (unpaired) electrons. The van der Waals surface area contributed by atoms with Crippen molar-refractivity contribution in [3.05, 3.63) is 53.9 Å². The van der Waals surface area contributed by atoms with E-state index in [2.05, 4.69) is 25.3 Å². The third-order valence-electron chi connectivity index (χ3n) is 3.98. The third kappa shape index (κ3) is 6.80. The minimum atomic E-state index is -3.60. The zero-order valence-electron chi connectivity index (χ0n) is 16.5. The van der Waals surface area contributed by atoms with Gasteiger partial charge in [0.1, 0.15) is 4.90 Å². The molecule has 0 aliphatic rings. The number of guanidine groups is 1. The highest BCUT2D eigenvalue weighted by atomic mass is 32.2. The van der Waals surface area contributed by atoms with Crippen LogP contribution < -0.4 is 15.4 Å². The summed E-state index contributed by atoms with van der Waals surface area (Å²) in [5, 5.41) is 6.12. The van der Waals surface area contributed by atoms with Crippen LogP contribution in [0.25, 0.3) is 0 Å². The van der Waals surface area contributed by atoms with Crippen LogP contribution in [-0.4, -0.2) is 54.2 Å². The molecule has 0 saturated carbocycles. The van der Waals surface area contributed by atoms with Gasteiger partial charge in [0.25, 0.3) is 0 Å². The molecule has 0 bridgehead atoms. The van der Waals surface area contributed by atoms with Crippen molar-refractivity contribution in [2.24, 2.45) is 4.99 Å². The van der Waals surface area contributed by atoms with Crippen molar-refractivity contribution in [2.75, 3.05) is 26.4 Å². The zero-order chi connectivity index (χ0) is 21.5. The molecular weight excluding hydrogens is 414 g/mol. The summed E-state index contributed by atoms with van der Waals surface area (Å²) in [4.78, 5) is 8.30. The fourth-order valence-electron chi connectivity index (χ4n) is 2.60. The maximum atomic E-state index is 12.1. The normalized spacial score (nSPS) is 12.6. The van der Waals surface area contributed by atoms with Gasteiger partial charge in [-0.1, -0.05) is 12.1 Å². The Balaban J connectivity index is 1.84. The van der Waals surface area contributed by atoms with Gasteiger partial charge in [0.05, 0.1) is 4.90 Å². The summed E-state index contributed by atoms with van der Waals surface area (Å²) in [6, 6.07) is 8.17. The molecule has 9 nitrogen and oxygen atoms in total. The van der Waals surface area contributed by atoms with Crippen LogP contribution in [0.1, 0.15) is 11.1 Å². The number of rotatable bonds is 8. The van der Waals surface area contributed by atoms with Crippen LogP contribution in [0, 0.1) is 6.92 Å². The van der Waals surface area contributed by atoms with E-state index in [4.69, 9.17) is 0 Å². The van der Waals surface area contributed by atoms with E-state index in [9.17, 15) is 16.8 Å². The van der Waals surface area contributed by atoms with E-state index >= 15 is 0 Å². The lowest BCUT2D eigenvalue weighted by atomic mass is 10.1. The number of aromatic nitrogens is 1. The molecule has 0 atom stereocenters. The van der Waals surface area contributed by atoms with E-state index in [-0.39, 0.29) is 11.4 Å². The van der Waals surface area contributed by atoms with Crippen LogP contribution in [0.4, 0.5) is 0 Å². The molecule has 11 heteroatoms. The van der Waals surface area contributed by atoms with Crippen LogP contribution in [-0.2, 0) is 26.4 Å². The number of benzene rings is 1. The third-order valence-corrected chi connectivity index (χ3v) is 6.68. The van der Waals surface area contributed by atoms with Gasteiger partial charge in [-0.2, -0.15) is 0 Å². The van der Waals surface area contributed by atoms with Crippen molar-refractivity contribution in [1.29, 1.82) is 0 Å². The van der Waals surface area contributed by atoms with Crippen LogP contribution in [0.3, 0.4) is 0 Å². The quantitative estimate of drug-likeness (QED) is 0.309. The fourth-order valence-corrected chi connectivity index (χ4v) is 4.55. The highest BCUT2D eigenvalue weighted by molar-refractivity contribution is 7.90. The highest BCUT2D eigenvalue weighted by Gasteiger charge is 2.13. The first-order chi connectivity index (χ1) is 13.6. The van der Waals surface area contributed by atoms with Gasteiger partial charge in [-0.25, -0.2) is 21.6 Å². The van der Waals surface area contributed by atoms with Gasteiger partial charge in [-0.05, 0) is 36.2 Å². The Morgan fingerprint density at radius 3 is 2.45 bits per heavy atom. The van der Waals surface area contributed by atoms with E-state index in [1.165, 1.54) is 24.7 Å². The van der Waals surface area contributed by atoms with Crippen molar-refractivity contribution in [1.82, 2.24) is 20.3 Å². The lowest BCUT2D eigenvalue weighted by molar-refractivity contribution is 0.580. The summed E-state index contributed by atoms with van der Waals surface area (Å²) in [7, 11) is -5.25.